The summed E-state index contributed by atoms with van der Waals surface area (Å²) in [4.78, 5) is 36.4. The van der Waals surface area contributed by atoms with E-state index in [0.717, 1.165) is 77.5 Å². The van der Waals surface area contributed by atoms with E-state index in [1.165, 1.54) is 25.8 Å². The number of piperazine rings is 1. The highest BCUT2D eigenvalue weighted by molar-refractivity contribution is 6.36. The second-order valence-electron chi connectivity index (χ2n) is 13.3. The lowest BCUT2D eigenvalue weighted by Crippen LogP contribution is -2.49. The van der Waals surface area contributed by atoms with Gasteiger partial charge in [-0.15, -0.1) is 0 Å². The molecule has 0 atom stereocenters. The smallest absolute Gasteiger partial charge is 0.318 e. The summed E-state index contributed by atoms with van der Waals surface area (Å²) in [5.74, 6) is 1.72. The topological polar surface area (TPSA) is 128 Å². The van der Waals surface area contributed by atoms with E-state index in [4.69, 9.17) is 36.1 Å². The van der Waals surface area contributed by atoms with Crippen LogP contribution in [0.1, 0.15) is 55.6 Å². The normalized spacial score (nSPS) is 18.5. The fourth-order valence-electron chi connectivity index (χ4n) is 7.89. The molecule has 13 heteroatoms. The lowest BCUT2D eigenvalue weighted by Gasteiger charge is -2.38. The van der Waals surface area contributed by atoms with Gasteiger partial charge in [-0.1, -0.05) is 41.0 Å². The molecule has 6 heterocycles. The average molecular weight is 696 g/mol. The van der Waals surface area contributed by atoms with Gasteiger partial charge in [0, 0.05) is 68.4 Å². The lowest BCUT2D eigenvalue weighted by molar-refractivity contribution is -0.126. The largest absolute Gasteiger partial charge is 0.461 e. The maximum absolute atomic E-state index is 13.0. The third-order valence-electron chi connectivity index (χ3n) is 10.3. The Bertz CT molecular complexity index is 1920. The molecule has 3 saturated heterocycles. The van der Waals surface area contributed by atoms with E-state index in [0.29, 0.717) is 57.1 Å². The molecule has 50 heavy (non-hydrogen) atoms. The number of aryl methyl sites for hydroxylation is 1. The van der Waals surface area contributed by atoms with Crippen molar-refractivity contribution in [1.29, 1.82) is 5.26 Å². The Morgan fingerprint density at radius 1 is 1.02 bits per heavy atom. The molecule has 12 nitrogen and oxygen atoms in total. The molecular formula is C37H42ClN9O3. The molecule has 0 N–H and O–H groups in total. The van der Waals surface area contributed by atoms with Crippen molar-refractivity contribution in [3.63, 3.8) is 0 Å². The first-order valence-electron chi connectivity index (χ1n) is 17.4. The van der Waals surface area contributed by atoms with Crippen molar-refractivity contribution < 1.29 is 14.1 Å². The lowest BCUT2D eigenvalue weighted by atomic mass is 9.95. The number of fused-ring (bicyclic) bond motifs is 3. The molecule has 4 aliphatic heterocycles. The summed E-state index contributed by atoms with van der Waals surface area (Å²) in [5.41, 5.74) is 3.37. The number of benzene rings is 2. The van der Waals surface area contributed by atoms with Crippen molar-refractivity contribution >= 4 is 45.9 Å². The molecule has 0 spiro atoms. The Morgan fingerprint density at radius 2 is 1.76 bits per heavy atom. The van der Waals surface area contributed by atoms with E-state index in [2.05, 4.69) is 49.1 Å². The Balaban J connectivity index is 0.00000126. The summed E-state index contributed by atoms with van der Waals surface area (Å²) < 4.78 is 11.6. The van der Waals surface area contributed by atoms with Crippen molar-refractivity contribution in [2.45, 2.75) is 58.0 Å². The van der Waals surface area contributed by atoms with Gasteiger partial charge < -0.3 is 24.0 Å². The fourth-order valence-corrected chi connectivity index (χ4v) is 8.17. The minimum Gasteiger partial charge on any atom is -0.461 e. The molecule has 3 fully saturated rings. The molecule has 260 valence electrons. The van der Waals surface area contributed by atoms with Crippen LogP contribution in [0.5, 0.6) is 6.01 Å². The van der Waals surface area contributed by atoms with Crippen LogP contribution >= 0.6 is 11.6 Å². The number of aromatic nitrogens is 4. The molecular weight excluding hydrogens is 654 g/mol. The summed E-state index contributed by atoms with van der Waals surface area (Å²) >= 11 is 6.74. The minimum atomic E-state index is -0.0735. The molecule has 0 aliphatic carbocycles. The first-order valence-corrected chi connectivity index (χ1v) is 17.8. The number of anilines is 2. The Morgan fingerprint density at radius 3 is 2.48 bits per heavy atom. The van der Waals surface area contributed by atoms with E-state index in [1.54, 1.807) is 19.1 Å². The van der Waals surface area contributed by atoms with E-state index in [1.807, 2.05) is 17.0 Å². The van der Waals surface area contributed by atoms with Gasteiger partial charge in [0.1, 0.15) is 12.4 Å². The van der Waals surface area contributed by atoms with Crippen molar-refractivity contribution in [3.8, 4) is 12.1 Å². The Hall–Kier alpha value is -4.73. The first kappa shape index (κ1) is 33.8. The molecule has 1 amide bonds. The van der Waals surface area contributed by atoms with Crippen LogP contribution in [-0.2, 0) is 17.8 Å². The van der Waals surface area contributed by atoms with Gasteiger partial charge in [-0.2, -0.15) is 20.2 Å². The summed E-state index contributed by atoms with van der Waals surface area (Å²) in [6, 6.07) is 14.6. The maximum atomic E-state index is 13.0. The molecule has 0 bridgehead atoms. The van der Waals surface area contributed by atoms with E-state index >= 15 is 0 Å². The molecule has 0 unspecified atom stereocenters. The summed E-state index contributed by atoms with van der Waals surface area (Å²) in [7, 11) is 0. The number of carbonyl (C=O) groups is 1. The Kier molecular flexibility index (Phi) is 9.88. The monoisotopic (exact) mass is 695 g/mol. The third-order valence-corrected chi connectivity index (χ3v) is 10.6. The number of halogens is 1. The van der Waals surface area contributed by atoms with Gasteiger partial charge in [0.15, 0.2) is 5.82 Å². The fraction of sp³-hybridized carbons (Fsp3) is 0.459. The van der Waals surface area contributed by atoms with Crippen LogP contribution in [0.15, 0.2) is 47.0 Å². The number of amides is 1. The highest BCUT2D eigenvalue weighted by Crippen LogP contribution is 2.40. The zero-order valence-electron chi connectivity index (χ0n) is 28.6. The molecule has 2 aromatic heterocycles. The number of ether oxygens (including phenoxy) is 1. The highest BCUT2D eigenvalue weighted by atomic mass is 35.5. The van der Waals surface area contributed by atoms with E-state index in [9.17, 15) is 4.79 Å². The third kappa shape index (κ3) is 6.85. The van der Waals surface area contributed by atoms with Gasteiger partial charge in [0.05, 0.1) is 28.9 Å². The number of hydrogen-bond donors (Lipinski definition) is 0. The maximum Gasteiger partial charge on any atom is 0.318 e. The average Bonchev–Trinajstić information content (AvgIpc) is 3.85. The number of rotatable bonds is 7. The summed E-state index contributed by atoms with van der Waals surface area (Å²) in [5, 5.41) is 14.0. The van der Waals surface area contributed by atoms with Crippen LogP contribution < -0.4 is 14.5 Å². The number of nitriles is 1. The summed E-state index contributed by atoms with van der Waals surface area (Å²) in [6.07, 6.45) is 8.64. The van der Waals surface area contributed by atoms with Crippen LogP contribution in [0.25, 0.3) is 16.8 Å². The van der Waals surface area contributed by atoms with Crippen LogP contribution in [0, 0.1) is 18.3 Å². The zero-order chi connectivity index (χ0) is 34.7. The second-order valence-corrected chi connectivity index (χ2v) is 13.7. The van der Waals surface area contributed by atoms with E-state index in [-0.39, 0.29) is 11.4 Å². The van der Waals surface area contributed by atoms with Crippen LogP contribution in [0.2, 0.25) is 5.02 Å². The van der Waals surface area contributed by atoms with Gasteiger partial charge in [-0.3, -0.25) is 9.69 Å². The molecule has 4 aliphatic rings. The second kappa shape index (κ2) is 14.6. The Labute approximate surface area is 297 Å². The quantitative estimate of drug-likeness (QED) is 0.230. The van der Waals surface area contributed by atoms with E-state index < -0.39 is 0 Å². The molecule has 4 aromatic rings. The molecule has 0 saturated carbocycles. The predicted molar refractivity (Wildman–Crippen MR) is 192 cm³/mol. The number of hydrogen-bond acceptors (Lipinski definition) is 11. The van der Waals surface area contributed by atoms with Gasteiger partial charge in [-0.25, -0.2) is 0 Å². The number of nitrogens with zero attached hydrogens (tertiary/aromatic N) is 9. The van der Waals surface area contributed by atoms with Gasteiger partial charge in [-0.05, 0) is 69.6 Å². The van der Waals surface area contributed by atoms with Gasteiger partial charge >= 0.3 is 6.01 Å². The zero-order valence-corrected chi connectivity index (χ0v) is 29.4. The molecule has 8 rings (SSSR count). The van der Waals surface area contributed by atoms with Crippen LogP contribution in [0.3, 0.4) is 0 Å². The SMILES string of the molecule is CC#N.Cc1noc(/C=C/C(=O)N2CCN(c3nc(OCC45CCCN4CCC5)nc4c3CCN(c3cccc5cccc(Cl)c35)C4)CC2)n1. The van der Waals surface area contributed by atoms with Gasteiger partial charge in [0.2, 0.25) is 5.91 Å². The van der Waals surface area contributed by atoms with Crippen molar-refractivity contribution in [1.82, 2.24) is 29.9 Å². The highest BCUT2D eigenvalue weighted by Gasteiger charge is 2.45. The molecule has 0 radical (unpaired) electrons. The first-order chi connectivity index (χ1) is 24.4. The standard InChI is InChI=1S/C35H39ClN8O3.C2H3N/c1-24-37-30(47-40-24)10-11-31(45)41-18-20-42(21-19-41)33-26-12-17-43(29-9-3-7-25-6-2-8-27(36)32(25)29)22-28(26)38-34(39-33)46-23-35-13-4-15-44(35)16-5-14-35;1-2-3/h2-3,6-11H,4-5,12-23H2,1H3;1H3/b11-10+;. The van der Waals surface area contributed by atoms with Crippen molar-refractivity contribution in [2.24, 2.45) is 0 Å². The van der Waals surface area contributed by atoms with Crippen LogP contribution in [-0.4, -0.2) is 93.8 Å². The number of carbonyl (C=O) groups excluding carboxylic acids is 1. The minimum absolute atomic E-state index is 0.0735. The van der Waals surface area contributed by atoms with Crippen molar-refractivity contribution in [3.05, 3.63) is 70.5 Å². The van der Waals surface area contributed by atoms with Crippen LogP contribution in [0.4, 0.5) is 11.5 Å². The van der Waals surface area contributed by atoms with Gasteiger partial charge in [0.25, 0.3) is 5.89 Å². The van der Waals surface area contributed by atoms with Crippen molar-refractivity contribution in [2.75, 3.05) is 62.2 Å². The molecule has 2 aromatic carbocycles. The predicted octanol–water partition coefficient (Wildman–Crippen LogP) is 5.44. The summed E-state index contributed by atoms with van der Waals surface area (Å²) in [6.45, 7) is 10.1.